The molecule has 1 aromatic rings. The Morgan fingerprint density at radius 2 is 2.00 bits per heavy atom. The summed E-state index contributed by atoms with van der Waals surface area (Å²) >= 11 is 0. The van der Waals surface area contributed by atoms with Crippen molar-refractivity contribution in [2.45, 2.75) is 32.8 Å². The first-order valence-corrected chi connectivity index (χ1v) is 5.91. The van der Waals surface area contributed by atoms with Crippen LogP contribution in [-0.4, -0.2) is 30.2 Å². The number of benzene rings is 1. The fourth-order valence-corrected chi connectivity index (χ4v) is 1.64. The van der Waals surface area contributed by atoms with Crippen LogP contribution in [0.2, 0.25) is 0 Å². The predicted octanol–water partition coefficient (Wildman–Crippen LogP) is 1.89. The normalized spacial score (nSPS) is 12.4. The van der Waals surface area contributed by atoms with Crippen LogP contribution in [0.5, 0.6) is 0 Å². The lowest BCUT2D eigenvalue weighted by molar-refractivity contribution is -0.121. The van der Waals surface area contributed by atoms with E-state index in [-0.39, 0.29) is 18.5 Å². The molecule has 0 aliphatic heterocycles. The van der Waals surface area contributed by atoms with Gasteiger partial charge in [-0.2, -0.15) is 0 Å². The number of ether oxygens (including phenoxy) is 1. The predicted molar refractivity (Wildman–Crippen MR) is 67.0 cm³/mol. The number of Topliss-reactive ketones (excluding diaryl/α,β-unsaturated/α-hetero) is 1. The third kappa shape index (κ3) is 5.61. The van der Waals surface area contributed by atoms with Gasteiger partial charge in [-0.05, 0) is 19.4 Å². The van der Waals surface area contributed by atoms with E-state index in [0.717, 1.165) is 5.56 Å². The minimum atomic E-state index is -0.125. The van der Waals surface area contributed by atoms with Crippen LogP contribution in [0.4, 0.5) is 0 Å². The van der Waals surface area contributed by atoms with Crippen LogP contribution in [-0.2, 0) is 16.0 Å². The highest BCUT2D eigenvalue weighted by atomic mass is 16.5. The highest BCUT2D eigenvalue weighted by Crippen LogP contribution is 2.07. The first kappa shape index (κ1) is 13.9. The third-order valence-electron chi connectivity index (χ3n) is 2.53. The summed E-state index contributed by atoms with van der Waals surface area (Å²) in [5, 5.41) is 8.60. The molecule has 3 heteroatoms. The van der Waals surface area contributed by atoms with Crippen molar-refractivity contribution in [2.75, 3.05) is 13.2 Å². The third-order valence-corrected chi connectivity index (χ3v) is 2.53. The first-order valence-electron chi connectivity index (χ1n) is 5.91. The molecular formula is C14H20O3. The number of hydrogen-bond acceptors (Lipinski definition) is 3. The quantitative estimate of drug-likeness (QED) is 0.786. The van der Waals surface area contributed by atoms with E-state index in [1.54, 1.807) is 0 Å². The number of carbonyl (C=O) groups excluding carboxylic acids is 1. The maximum Gasteiger partial charge on any atom is 0.139 e. The van der Waals surface area contributed by atoms with Crippen LogP contribution in [0.25, 0.3) is 0 Å². The van der Waals surface area contributed by atoms with Gasteiger partial charge in [-0.15, -0.1) is 0 Å². The largest absolute Gasteiger partial charge is 0.394 e. The number of carbonyl (C=O) groups is 1. The van der Waals surface area contributed by atoms with Crippen LogP contribution in [0, 0.1) is 6.92 Å². The van der Waals surface area contributed by atoms with Crippen LogP contribution in [0.1, 0.15) is 24.5 Å². The summed E-state index contributed by atoms with van der Waals surface area (Å²) < 4.78 is 5.25. The SMILES string of the molecule is Cc1ccc(CC(=O)CC(C)OCCO)cc1. The van der Waals surface area contributed by atoms with Gasteiger partial charge in [0.2, 0.25) is 0 Å². The molecule has 0 aromatic heterocycles. The van der Waals surface area contributed by atoms with Crippen LogP contribution < -0.4 is 0 Å². The second-order valence-electron chi connectivity index (χ2n) is 4.31. The Labute approximate surface area is 102 Å². The Kier molecular flexibility index (Phi) is 5.87. The lowest BCUT2D eigenvalue weighted by Gasteiger charge is -2.11. The molecular weight excluding hydrogens is 216 g/mol. The summed E-state index contributed by atoms with van der Waals surface area (Å²) in [6, 6.07) is 7.97. The molecule has 0 bridgehead atoms. The molecule has 1 rings (SSSR count). The standard InChI is InChI=1S/C14H20O3/c1-11-3-5-13(6-4-11)10-14(16)9-12(2)17-8-7-15/h3-6,12,15H,7-10H2,1-2H3. The Bertz CT molecular complexity index is 343. The summed E-state index contributed by atoms with van der Waals surface area (Å²) in [7, 11) is 0. The van der Waals surface area contributed by atoms with E-state index in [0.29, 0.717) is 19.4 Å². The molecule has 0 spiro atoms. The van der Waals surface area contributed by atoms with Gasteiger partial charge in [0.05, 0.1) is 19.3 Å². The zero-order valence-electron chi connectivity index (χ0n) is 10.5. The van der Waals surface area contributed by atoms with Gasteiger partial charge in [0.1, 0.15) is 5.78 Å². The van der Waals surface area contributed by atoms with Crippen LogP contribution in [0.3, 0.4) is 0 Å². The van der Waals surface area contributed by atoms with E-state index in [1.807, 2.05) is 38.1 Å². The highest BCUT2D eigenvalue weighted by molar-refractivity contribution is 5.81. The van der Waals surface area contributed by atoms with Gasteiger partial charge in [-0.1, -0.05) is 29.8 Å². The Hall–Kier alpha value is -1.19. The lowest BCUT2D eigenvalue weighted by Crippen LogP contribution is -2.17. The Morgan fingerprint density at radius 3 is 2.59 bits per heavy atom. The van der Waals surface area contributed by atoms with Crippen molar-refractivity contribution < 1.29 is 14.6 Å². The second kappa shape index (κ2) is 7.20. The van der Waals surface area contributed by atoms with Crippen molar-refractivity contribution >= 4 is 5.78 Å². The number of aliphatic hydroxyl groups excluding tert-OH is 1. The molecule has 1 aromatic carbocycles. The fourth-order valence-electron chi connectivity index (χ4n) is 1.64. The summed E-state index contributed by atoms with van der Waals surface area (Å²) in [4.78, 5) is 11.7. The summed E-state index contributed by atoms with van der Waals surface area (Å²) in [6.07, 6.45) is 0.723. The topological polar surface area (TPSA) is 46.5 Å². The fraction of sp³-hybridized carbons (Fsp3) is 0.500. The van der Waals surface area contributed by atoms with Gasteiger partial charge in [0.25, 0.3) is 0 Å². The minimum Gasteiger partial charge on any atom is -0.394 e. The van der Waals surface area contributed by atoms with E-state index >= 15 is 0 Å². The molecule has 17 heavy (non-hydrogen) atoms. The molecule has 1 N–H and O–H groups in total. The van der Waals surface area contributed by atoms with E-state index in [4.69, 9.17) is 9.84 Å². The Balaban J connectivity index is 2.36. The smallest absolute Gasteiger partial charge is 0.139 e. The first-order chi connectivity index (χ1) is 8.11. The molecule has 0 saturated heterocycles. The van der Waals surface area contributed by atoms with Gasteiger partial charge < -0.3 is 9.84 Å². The molecule has 0 fully saturated rings. The van der Waals surface area contributed by atoms with Crippen molar-refractivity contribution in [2.24, 2.45) is 0 Å². The maximum absolute atomic E-state index is 11.7. The van der Waals surface area contributed by atoms with Gasteiger partial charge in [0.15, 0.2) is 0 Å². The van der Waals surface area contributed by atoms with E-state index in [1.165, 1.54) is 5.56 Å². The summed E-state index contributed by atoms with van der Waals surface area (Å²) in [5.74, 6) is 0.166. The molecule has 1 atom stereocenters. The lowest BCUT2D eigenvalue weighted by atomic mass is 10.0. The number of hydrogen-bond donors (Lipinski definition) is 1. The molecule has 0 radical (unpaired) electrons. The van der Waals surface area contributed by atoms with Crippen molar-refractivity contribution in [1.29, 1.82) is 0 Å². The molecule has 0 heterocycles. The second-order valence-corrected chi connectivity index (χ2v) is 4.31. The molecule has 0 saturated carbocycles. The van der Waals surface area contributed by atoms with E-state index in [9.17, 15) is 4.79 Å². The number of rotatable bonds is 7. The van der Waals surface area contributed by atoms with Crippen molar-refractivity contribution in [3.8, 4) is 0 Å². The highest BCUT2D eigenvalue weighted by Gasteiger charge is 2.09. The van der Waals surface area contributed by atoms with Crippen LogP contribution in [0.15, 0.2) is 24.3 Å². The van der Waals surface area contributed by atoms with Gasteiger partial charge >= 0.3 is 0 Å². The molecule has 0 aliphatic rings. The van der Waals surface area contributed by atoms with Crippen molar-refractivity contribution in [3.05, 3.63) is 35.4 Å². The molecule has 0 aliphatic carbocycles. The van der Waals surface area contributed by atoms with Crippen molar-refractivity contribution in [1.82, 2.24) is 0 Å². The molecule has 1 unspecified atom stereocenters. The zero-order valence-corrected chi connectivity index (χ0v) is 10.5. The maximum atomic E-state index is 11.7. The number of ketones is 1. The Morgan fingerprint density at radius 1 is 1.35 bits per heavy atom. The molecule has 3 nitrogen and oxygen atoms in total. The number of aliphatic hydroxyl groups is 1. The van der Waals surface area contributed by atoms with E-state index in [2.05, 4.69) is 0 Å². The van der Waals surface area contributed by atoms with Gasteiger partial charge in [-0.3, -0.25) is 4.79 Å². The summed E-state index contributed by atoms with van der Waals surface area (Å²) in [5.41, 5.74) is 2.23. The minimum absolute atomic E-state index is 0.00348. The van der Waals surface area contributed by atoms with Gasteiger partial charge in [0, 0.05) is 12.8 Å². The average molecular weight is 236 g/mol. The van der Waals surface area contributed by atoms with E-state index < -0.39 is 0 Å². The summed E-state index contributed by atoms with van der Waals surface area (Å²) in [6.45, 7) is 4.16. The molecule has 0 amide bonds. The van der Waals surface area contributed by atoms with Crippen molar-refractivity contribution in [3.63, 3.8) is 0 Å². The average Bonchev–Trinajstić information content (AvgIpc) is 2.29. The number of aryl methyl sites for hydroxylation is 1. The van der Waals surface area contributed by atoms with Crippen LogP contribution >= 0.6 is 0 Å². The molecule has 94 valence electrons. The van der Waals surface area contributed by atoms with Gasteiger partial charge in [-0.25, -0.2) is 0 Å². The zero-order chi connectivity index (χ0) is 12.7. The monoisotopic (exact) mass is 236 g/mol.